The molecule has 2 heterocycles. The van der Waals surface area contributed by atoms with E-state index >= 15 is 0 Å². The van der Waals surface area contributed by atoms with Crippen molar-refractivity contribution in [3.8, 4) is 0 Å². The number of amides is 1. The lowest BCUT2D eigenvalue weighted by atomic mass is 10.1. The van der Waals surface area contributed by atoms with Crippen molar-refractivity contribution in [2.75, 3.05) is 10.3 Å². The van der Waals surface area contributed by atoms with Gasteiger partial charge in [0, 0.05) is 23.7 Å². The zero-order valence-electron chi connectivity index (χ0n) is 16.5. The summed E-state index contributed by atoms with van der Waals surface area (Å²) in [7, 11) is 0. The molecule has 0 radical (unpaired) electrons. The minimum Gasteiger partial charge on any atom is -0.274 e. The Bertz CT molecular complexity index is 1000. The van der Waals surface area contributed by atoms with Gasteiger partial charge in [-0.1, -0.05) is 18.2 Å². The largest absolute Gasteiger partial charge is 0.274 e. The van der Waals surface area contributed by atoms with Crippen LogP contribution in [0.1, 0.15) is 35.1 Å². The average Bonchev–Trinajstić information content (AvgIpc) is 3.05. The second-order valence-corrected chi connectivity index (χ2v) is 7.33. The van der Waals surface area contributed by atoms with Crippen LogP contribution in [-0.4, -0.2) is 27.1 Å². The molecule has 0 aliphatic carbocycles. The van der Waals surface area contributed by atoms with Crippen molar-refractivity contribution in [2.24, 2.45) is 5.10 Å². The molecule has 0 aliphatic heterocycles. The number of hydrazone groups is 1. The van der Waals surface area contributed by atoms with Gasteiger partial charge in [-0.25, -0.2) is 20.4 Å². The summed E-state index contributed by atoms with van der Waals surface area (Å²) in [5, 5.41) is 6.62. The average molecular weight is 395 g/mol. The molecule has 0 spiro atoms. The highest BCUT2D eigenvalue weighted by atomic mass is 32.1. The van der Waals surface area contributed by atoms with Crippen LogP contribution in [0, 0.1) is 27.7 Å². The summed E-state index contributed by atoms with van der Waals surface area (Å²) in [6, 6.07) is 7.85. The number of carbonyl (C=O) groups is 1. The van der Waals surface area contributed by atoms with Gasteiger partial charge in [0.2, 0.25) is 11.9 Å². The summed E-state index contributed by atoms with van der Waals surface area (Å²) < 4.78 is 0. The number of aryl methyl sites for hydroxylation is 4. The van der Waals surface area contributed by atoms with Crippen LogP contribution in [0.25, 0.3) is 0 Å². The van der Waals surface area contributed by atoms with Gasteiger partial charge in [0.25, 0.3) is 0 Å². The Kier molecular flexibility index (Phi) is 5.79. The van der Waals surface area contributed by atoms with E-state index in [1.54, 1.807) is 18.0 Å². The third kappa shape index (κ3) is 4.40. The number of para-hydroxylation sites is 1. The van der Waals surface area contributed by atoms with Gasteiger partial charge in [-0.15, -0.1) is 11.3 Å². The SMILES string of the molecule is CC(=O)N(c1nc(/C=N\Nc2nc(C)cc(C)n2)cs1)c1c(C)cccc1C. The number of benzene rings is 1. The molecular formula is C20H22N6OS. The van der Waals surface area contributed by atoms with Crippen LogP contribution in [0.15, 0.2) is 34.7 Å². The van der Waals surface area contributed by atoms with Crippen molar-refractivity contribution in [1.29, 1.82) is 0 Å². The number of hydrogen-bond acceptors (Lipinski definition) is 7. The van der Waals surface area contributed by atoms with Crippen molar-refractivity contribution in [3.63, 3.8) is 0 Å². The quantitative estimate of drug-likeness (QED) is 0.515. The highest BCUT2D eigenvalue weighted by molar-refractivity contribution is 7.14. The number of thiazole rings is 1. The molecule has 3 aromatic rings. The zero-order valence-corrected chi connectivity index (χ0v) is 17.3. The summed E-state index contributed by atoms with van der Waals surface area (Å²) in [4.78, 5) is 27.1. The topological polar surface area (TPSA) is 83.4 Å². The first-order chi connectivity index (χ1) is 13.3. The van der Waals surface area contributed by atoms with E-state index in [-0.39, 0.29) is 5.91 Å². The Morgan fingerprint density at radius 1 is 1.11 bits per heavy atom. The predicted octanol–water partition coefficient (Wildman–Crippen LogP) is 4.30. The highest BCUT2D eigenvalue weighted by Gasteiger charge is 2.21. The summed E-state index contributed by atoms with van der Waals surface area (Å²) in [5.41, 5.74) is 8.11. The Morgan fingerprint density at radius 3 is 2.36 bits per heavy atom. The van der Waals surface area contributed by atoms with Gasteiger partial charge in [0.15, 0.2) is 5.13 Å². The molecule has 28 heavy (non-hydrogen) atoms. The molecular weight excluding hydrogens is 372 g/mol. The van der Waals surface area contributed by atoms with Gasteiger partial charge in [-0.05, 0) is 44.9 Å². The number of anilines is 3. The Balaban J connectivity index is 1.82. The smallest absolute Gasteiger partial charge is 0.243 e. The van der Waals surface area contributed by atoms with Crippen molar-refractivity contribution in [2.45, 2.75) is 34.6 Å². The molecule has 1 amide bonds. The molecule has 8 heteroatoms. The van der Waals surface area contributed by atoms with E-state index in [1.807, 2.05) is 57.3 Å². The Labute approximate surface area is 168 Å². The number of rotatable bonds is 5. The fourth-order valence-corrected chi connectivity index (χ4v) is 3.74. The van der Waals surface area contributed by atoms with Crippen molar-refractivity contribution < 1.29 is 4.79 Å². The van der Waals surface area contributed by atoms with E-state index in [4.69, 9.17) is 0 Å². The van der Waals surface area contributed by atoms with Crippen LogP contribution in [0.5, 0.6) is 0 Å². The second-order valence-electron chi connectivity index (χ2n) is 6.49. The second kappa shape index (κ2) is 8.26. The zero-order chi connectivity index (χ0) is 20.3. The lowest BCUT2D eigenvalue weighted by molar-refractivity contribution is -0.115. The fourth-order valence-electron chi connectivity index (χ4n) is 2.92. The number of aromatic nitrogens is 3. The summed E-state index contributed by atoms with van der Waals surface area (Å²) in [6.07, 6.45) is 1.59. The van der Waals surface area contributed by atoms with Crippen molar-refractivity contribution in [3.05, 3.63) is 57.9 Å². The monoisotopic (exact) mass is 394 g/mol. The van der Waals surface area contributed by atoms with Crippen LogP contribution in [0.4, 0.5) is 16.8 Å². The van der Waals surface area contributed by atoms with E-state index in [1.165, 1.54) is 11.3 Å². The molecule has 0 bridgehead atoms. The first-order valence-electron chi connectivity index (χ1n) is 8.79. The summed E-state index contributed by atoms with van der Waals surface area (Å²) in [6.45, 7) is 9.32. The van der Waals surface area contributed by atoms with Gasteiger partial charge in [-0.3, -0.25) is 9.69 Å². The van der Waals surface area contributed by atoms with Crippen molar-refractivity contribution >= 4 is 40.2 Å². The summed E-state index contributed by atoms with van der Waals surface area (Å²) >= 11 is 1.39. The maximum Gasteiger partial charge on any atom is 0.243 e. The van der Waals surface area contributed by atoms with E-state index in [0.717, 1.165) is 28.2 Å². The van der Waals surface area contributed by atoms with E-state index in [2.05, 4.69) is 25.5 Å². The van der Waals surface area contributed by atoms with E-state index < -0.39 is 0 Å². The van der Waals surface area contributed by atoms with E-state index in [0.29, 0.717) is 16.8 Å². The normalized spacial score (nSPS) is 11.0. The number of carbonyl (C=O) groups excluding carboxylic acids is 1. The molecule has 1 aromatic carbocycles. The van der Waals surface area contributed by atoms with Gasteiger partial charge in [0.05, 0.1) is 17.6 Å². The first kappa shape index (κ1) is 19.6. The lowest BCUT2D eigenvalue weighted by Crippen LogP contribution is -2.24. The molecule has 2 aromatic heterocycles. The Morgan fingerprint density at radius 2 is 1.75 bits per heavy atom. The number of nitrogens with zero attached hydrogens (tertiary/aromatic N) is 5. The molecule has 144 valence electrons. The molecule has 0 atom stereocenters. The molecule has 3 rings (SSSR count). The molecule has 0 aliphatic rings. The minimum absolute atomic E-state index is 0.0861. The molecule has 0 unspecified atom stereocenters. The Hall–Kier alpha value is -3.13. The summed E-state index contributed by atoms with van der Waals surface area (Å²) in [5.74, 6) is 0.349. The van der Waals surface area contributed by atoms with Crippen LogP contribution in [0.2, 0.25) is 0 Å². The van der Waals surface area contributed by atoms with Crippen LogP contribution < -0.4 is 10.3 Å². The lowest BCUT2D eigenvalue weighted by Gasteiger charge is -2.22. The predicted molar refractivity (Wildman–Crippen MR) is 114 cm³/mol. The van der Waals surface area contributed by atoms with Gasteiger partial charge >= 0.3 is 0 Å². The van der Waals surface area contributed by atoms with Crippen LogP contribution in [-0.2, 0) is 4.79 Å². The molecule has 7 nitrogen and oxygen atoms in total. The molecule has 0 saturated carbocycles. The third-order valence-electron chi connectivity index (χ3n) is 4.02. The van der Waals surface area contributed by atoms with Gasteiger partial charge < -0.3 is 0 Å². The highest BCUT2D eigenvalue weighted by Crippen LogP contribution is 2.33. The maximum absolute atomic E-state index is 12.4. The number of nitrogens with one attached hydrogen (secondary N) is 1. The van der Waals surface area contributed by atoms with Crippen LogP contribution in [0.3, 0.4) is 0 Å². The van der Waals surface area contributed by atoms with E-state index in [9.17, 15) is 4.79 Å². The van der Waals surface area contributed by atoms with Gasteiger partial charge in [0.1, 0.15) is 0 Å². The van der Waals surface area contributed by atoms with Crippen LogP contribution >= 0.6 is 11.3 Å². The van der Waals surface area contributed by atoms with Gasteiger partial charge in [-0.2, -0.15) is 5.10 Å². The fraction of sp³-hybridized carbons (Fsp3) is 0.250. The third-order valence-corrected chi connectivity index (χ3v) is 4.87. The minimum atomic E-state index is -0.0861. The van der Waals surface area contributed by atoms with Crippen molar-refractivity contribution in [1.82, 2.24) is 15.0 Å². The molecule has 0 saturated heterocycles. The molecule has 1 N–H and O–H groups in total. The molecule has 0 fully saturated rings. The first-order valence-corrected chi connectivity index (χ1v) is 9.67. The maximum atomic E-state index is 12.4. The standard InChI is InChI=1S/C20H22N6OS/c1-12-7-6-8-13(2)18(12)26(16(5)27)20-24-17(11-28-20)10-21-25-19-22-14(3)9-15(4)23-19/h6-11H,1-5H3,(H,22,23,25)/b21-10-. The number of hydrogen-bond donors (Lipinski definition) is 1.